The summed E-state index contributed by atoms with van der Waals surface area (Å²) < 4.78 is 0. The molecule has 0 saturated heterocycles. The van der Waals surface area contributed by atoms with Gasteiger partial charge in [0.1, 0.15) is 0 Å². The van der Waals surface area contributed by atoms with Crippen LogP contribution in [0, 0.1) is 17.8 Å². The van der Waals surface area contributed by atoms with Crippen molar-refractivity contribution in [2.24, 2.45) is 17.8 Å². The summed E-state index contributed by atoms with van der Waals surface area (Å²) in [5, 5.41) is 12.4. The molecular formula is C16H27NO3. The number of hydrogen-bond acceptors (Lipinski definition) is 2. The first-order valence-electron chi connectivity index (χ1n) is 8.12. The lowest BCUT2D eigenvalue weighted by atomic mass is 9.78. The summed E-state index contributed by atoms with van der Waals surface area (Å²) in [5.41, 5.74) is 0. The Morgan fingerprint density at radius 1 is 0.950 bits per heavy atom. The lowest BCUT2D eigenvalue weighted by molar-refractivity contribution is -0.149. The average molecular weight is 281 g/mol. The molecule has 2 N–H and O–H groups in total. The second-order valence-electron chi connectivity index (χ2n) is 6.53. The summed E-state index contributed by atoms with van der Waals surface area (Å²) in [6.45, 7) is 2.08. The molecule has 0 heterocycles. The molecule has 0 aliphatic heterocycles. The number of carboxylic acids is 1. The van der Waals surface area contributed by atoms with Gasteiger partial charge in [0.25, 0.3) is 0 Å². The van der Waals surface area contributed by atoms with Gasteiger partial charge in [0.2, 0.25) is 5.91 Å². The van der Waals surface area contributed by atoms with Crippen LogP contribution in [0.1, 0.15) is 64.7 Å². The van der Waals surface area contributed by atoms with E-state index in [2.05, 4.69) is 12.2 Å². The zero-order chi connectivity index (χ0) is 14.5. The van der Waals surface area contributed by atoms with Crippen molar-refractivity contribution in [3.63, 3.8) is 0 Å². The summed E-state index contributed by atoms with van der Waals surface area (Å²) in [7, 11) is 0. The fourth-order valence-corrected chi connectivity index (χ4v) is 3.82. The van der Waals surface area contributed by atoms with Crippen LogP contribution in [-0.2, 0) is 9.59 Å². The number of carbonyl (C=O) groups is 2. The normalized spacial score (nSPS) is 29.6. The zero-order valence-electron chi connectivity index (χ0n) is 12.4. The predicted octanol–water partition coefficient (Wildman–Crippen LogP) is 2.96. The summed E-state index contributed by atoms with van der Waals surface area (Å²) in [6.07, 6.45) is 9.46. The van der Waals surface area contributed by atoms with Crippen molar-refractivity contribution in [3.05, 3.63) is 0 Å². The summed E-state index contributed by atoms with van der Waals surface area (Å²) in [4.78, 5) is 23.7. The SMILES string of the molecule is C[C@@H](NC(=O)C1CCCCC1C(=O)O)C1CCCCC1. The number of rotatable bonds is 4. The van der Waals surface area contributed by atoms with Crippen molar-refractivity contribution < 1.29 is 14.7 Å². The van der Waals surface area contributed by atoms with Gasteiger partial charge in [-0.05, 0) is 38.5 Å². The second kappa shape index (κ2) is 7.09. The van der Waals surface area contributed by atoms with Gasteiger partial charge in [-0.25, -0.2) is 0 Å². The number of carbonyl (C=O) groups excluding carboxylic acids is 1. The molecule has 1 amide bonds. The molecule has 2 saturated carbocycles. The Morgan fingerprint density at radius 2 is 1.50 bits per heavy atom. The van der Waals surface area contributed by atoms with E-state index in [0.29, 0.717) is 12.3 Å². The first kappa shape index (κ1) is 15.3. The number of aliphatic carboxylic acids is 1. The highest BCUT2D eigenvalue weighted by atomic mass is 16.4. The molecule has 0 bridgehead atoms. The molecule has 4 heteroatoms. The second-order valence-corrected chi connectivity index (χ2v) is 6.53. The topological polar surface area (TPSA) is 66.4 Å². The van der Waals surface area contributed by atoms with Crippen LogP contribution in [-0.4, -0.2) is 23.0 Å². The molecule has 2 fully saturated rings. The third-order valence-corrected chi connectivity index (χ3v) is 5.15. The van der Waals surface area contributed by atoms with Crippen molar-refractivity contribution in [3.8, 4) is 0 Å². The largest absolute Gasteiger partial charge is 0.481 e. The van der Waals surface area contributed by atoms with E-state index in [4.69, 9.17) is 0 Å². The monoisotopic (exact) mass is 281 g/mol. The smallest absolute Gasteiger partial charge is 0.307 e. The van der Waals surface area contributed by atoms with E-state index in [1.807, 2.05) is 0 Å². The van der Waals surface area contributed by atoms with Crippen molar-refractivity contribution in [1.82, 2.24) is 5.32 Å². The highest BCUT2D eigenvalue weighted by molar-refractivity contribution is 5.85. The van der Waals surface area contributed by atoms with E-state index in [1.54, 1.807) is 0 Å². The van der Waals surface area contributed by atoms with Gasteiger partial charge in [-0.15, -0.1) is 0 Å². The van der Waals surface area contributed by atoms with Gasteiger partial charge in [-0.2, -0.15) is 0 Å². The van der Waals surface area contributed by atoms with E-state index >= 15 is 0 Å². The van der Waals surface area contributed by atoms with Gasteiger partial charge in [-0.1, -0.05) is 32.1 Å². The lowest BCUT2D eigenvalue weighted by Crippen LogP contribution is -2.45. The standard InChI is InChI=1S/C16H27NO3/c1-11(12-7-3-2-4-8-12)17-15(18)13-9-5-6-10-14(13)16(19)20/h11-14H,2-10H2,1H3,(H,17,18)(H,19,20)/t11-,13?,14?/m1/s1. The highest BCUT2D eigenvalue weighted by Crippen LogP contribution is 2.31. The Labute approximate surface area is 121 Å². The fraction of sp³-hybridized carbons (Fsp3) is 0.875. The van der Waals surface area contributed by atoms with Crippen molar-refractivity contribution >= 4 is 11.9 Å². The maximum atomic E-state index is 12.4. The molecule has 0 spiro atoms. The van der Waals surface area contributed by atoms with E-state index in [0.717, 1.165) is 19.3 Å². The van der Waals surface area contributed by atoms with Gasteiger partial charge >= 0.3 is 5.97 Å². The molecule has 0 aromatic rings. The molecule has 20 heavy (non-hydrogen) atoms. The molecule has 0 aromatic carbocycles. The maximum Gasteiger partial charge on any atom is 0.307 e. The van der Waals surface area contributed by atoms with Gasteiger partial charge in [0.05, 0.1) is 11.8 Å². The molecule has 4 nitrogen and oxygen atoms in total. The number of carboxylic acid groups (broad SMARTS) is 1. The Hall–Kier alpha value is -1.06. The van der Waals surface area contributed by atoms with Gasteiger partial charge < -0.3 is 10.4 Å². The quantitative estimate of drug-likeness (QED) is 0.832. The van der Waals surface area contributed by atoms with Crippen LogP contribution in [0.15, 0.2) is 0 Å². The van der Waals surface area contributed by atoms with Gasteiger partial charge in [0.15, 0.2) is 0 Å². The van der Waals surface area contributed by atoms with Crippen molar-refractivity contribution in [2.75, 3.05) is 0 Å². The van der Waals surface area contributed by atoms with Gasteiger partial charge in [-0.3, -0.25) is 9.59 Å². The van der Waals surface area contributed by atoms with Crippen LogP contribution in [0.25, 0.3) is 0 Å². The van der Waals surface area contributed by atoms with Crippen LogP contribution in [0.5, 0.6) is 0 Å². The third-order valence-electron chi connectivity index (χ3n) is 5.15. The van der Waals surface area contributed by atoms with Crippen LogP contribution in [0.2, 0.25) is 0 Å². The summed E-state index contributed by atoms with van der Waals surface area (Å²) in [6, 6.07) is 0.180. The Balaban J connectivity index is 1.90. The third kappa shape index (κ3) is 3.74. The number of amides is 1. The van der Waals surface area contributed by atoms with Crippen molar-refractivity contribution in [1.29, 1.82) is 0 Å². The van der Waals surface area contributed by atoms with E-state index < -0.39 is 11.9 Å². The van der Waals surface area contributed by atoms with E-state index in [1.165, 1.54) is 32.1 Å². The molecule has 2 unspecified atom stereocenters. The van der Waals surface area contributed by atoms with Crippen LogP contribution >= 0.6 is 0 Å². The molecule has 3 atom stereocenters. The lowest BCUT2D eigenvalue weighted by Gasteiger charge is -2.32. The predicted molar refractivity (Wildman–Crippen MR) is 77.3 cm³/mol. The number of hydrogen-bond donors (Lipinski definition) is 2. The van der Waals surface area contributed by atoms with E-state index in [9.17, 15) is 14.7 Å². The van der Waals surface area contributed by atoms with Crippen molar-refractivity contribution in [2.45, 2.75) is 70.8 Å². The minimum atomic E-state index is -0.810. The molecule has 0 aromatic heterocycles. The first-order chi connectivity index (χ1) is 9.59. The van der Waals surface area contributed by atoms with Crippen LogP contribution in [0.3, 0.4) is 0 Å². The van der Waals surface area contributed by atoms with Gasteiger partial charge in [0, 0.05) is 6.04 Å². The van der Waals surface area contributed by atoms with Crippen LogP contribution < -0.4 is 5.32 Å². The zero-order valence-corrected chi connectivity index (χ0v) is 12.4. The maximum absolute atomic E-state index is 12.4. The highest BCUT2D eigenvalue weighted by Gasteiger charge is 2.36. The molecule has 114 valence electrons. The van der Waals surface area contributed by atoms with Crippen LogP contribution in [0.4, 0.5) is 0 Å². The summed E-state index contributed by atoms with van der Waals surface area (Å²) >= 11 is 0. The fourth-order valence-electron chi connectivity index (χ4n) is 3.82. The first-order valence-corrected chi connectivity index (χ1v) is 8.12. The Kier molecular flexibility index (Phi) is 5.44. The minimum Gasteiger partial charge on any atom is -0.481 e. The summed E-state index contributed by atoms with van der Waals surface area (Å²) in [5.74, 6) is -1.08. The minimum absolute atomic E-state index is 0.0322. The number of nitrogens with one attached hydrogen (secondary N) is 1. The Bertz CT molecular complexity index is 350. The Morgan fingerprint density at radius 3 is 2.10 bits per heavy atom. The average Bonchev–Trinajstić information content (AvgIpc) is 2.48. The molecule has 2 aliphatic rings. The van der Waals surface area contributed by atoms with E-state index in [-0.39, 0.29) is 17.9 Å². The molecular weight excluding hydrogens is 254 g/mol. The molecule has 2 aliphatic carbocycles. The molecule has 2 rings (SSSR count). The molecule has 0 radical (unpaired) electrons.